The first-order valence-corrected chi connectivity index (χ1v) is 6.41. The molecule has 2 aromatic rings. The highest BCUT2D eigenvalue weighted by atomic mass is 32.2. The summed E-state index contributed by atoms with van der Waals surface area (Å²) in [6, 6.07) is 13.5. The molecule has 0 radical (unpaired) electrons. The van der Waals surface area contributed by atoms with Gasteiger partial charge in [-0.1, -0.05) is 47.2 Å². The second-order valence-corrected chi connectivity index (χ2v) is 5.58. The van der Waals surface area contributed by atoms with Crippen LogP contribution in [-0.2, 0) is 6.42 Å². The summed E-state index contributed by atoms with van der Waals surface area (Å²) in [5.74, 6) is 0. The molecule has 0 atom stereocenters. The lowest BCUT2D eigenvalue weighted by molar-refractivity contribution is 1.04. The second kappa shape index (κ2) is 3.67. The SMILES string of the molecule is Cc1ccc2c(c1)Cc1cc(C)ccc1S2. The van der Waals surface area contributed by atoms with E-state index < -0.39 is 0 Å². The molecule has 1 aliphatic heterocycles. The molecule has 1 aliphatic rings. The van der Waals surface area contributed by atoms with Crippen LogP contribution in [0.3, 0.4) is 0 Å². The Morgan fingerprint density at radius 1 is 0.812 bits per heavy atom. The lowest BCUT2D eigenvalue weighted by Gasteiger charge is -2.19. The Kier molecular flexibility index (Phi) is 2.29. The molecule has 0 amide bonds. The molecule has 0 bridgehead atoms. The summed E-state index contributed by atoms with van der Waals surface area (Å²) in [5.41, 5.74) is 5.66. The Morgan fingerprint density at radius 3 is 1.81 bits per heavy atom. The van der Waals surface area contributed by atoms with Crippen LogP contribution in [0.4, 0.5) is 0 Å². The van der Waals surface area contributed by atoms with Gasteiger partial charge in [-0.2, -0.15) is 0 Å². The Balaban J connectivity index is 2.10. The van der Waals surface area contributed by atoms with E-state index in [1.165, 1.54) is 32.0 Å². The zero-order valence-corrected chi connectivity index (χ0v) is 10.4. The molecule has 0 spiro atoms. The van der Waals surface area contributed by atoms with Crippen LogP contribution in [0.15, 0.2) is 46.2 Å². The first-order chi connectivity index (χ1) is 7.72. The van der Waals surface area contributed by atoms with Gasteiger partial charge in [0.05, 0.1) is 0 Å². The largest absolute Gasteiger partial charge is 0.0895 e. The molecule has 80 valence electrons. The van der Waals surface area contributed by atoms with Crippen molar-refractivity contribution >= 4 is 11.8 Å². The van der Waals surface area contributed by atoms with Crippen LogP contribution in [-0.4, -0.2) is 0 Å². The average Bonchev–Trinajstić information content (AvgIpc) is 2.26. The minimum absolute atomic E-state index is 1.08. The Bertz CT molecular complexity index is 506. The van der Waals surface area contributed by atoms with Crippen molar-refractivity contribution in [2.24, 2.45) is 0 Å². The van der Waals surface area contributed by atoms with Crippen LogP contribution in [0, 0.1) is 13.8 Å². The summed E-state index contributed by atoms with van der Waals surface area (Å²) in [5, 5.41) is 0. The van der Waals surface area contributed by atoms with Gasteiger partial charge >= 0.3 is 0 Å². The third kappa shape index (κ3) is 1.65. The molecule has 0 nitrogen and oxygen atoms in total. The van der Waals surface area contributed by atoms with Crippen molar-refractivity contribution in [1.82, 2.24) is 0 Å². The number of hydrogen-bond donors (Lipinski definition) is 0. The highest BCUT2D eigenvalue weighted by molar-refractivity contribution is 7.99. The van der Waals surface area contributed by atoms with Crippen LogP contribution in [0.5, 0.6) is 0 Å². The Morgan fingerprint density at radius 2 is 1.31 bits per heavy atom. The quantitative estimate of drug-likeness (QED) is 0.549. The molecule has 2 aromatic carbocycles. The third-order valence-electron chi connectivity index (χ3n) is 3.03. The molecule has 3 rings (SSSR count). The summed E-state index contributed by atoms with van der Waals surface area (Å²) in [6.45, 7) is 4.33. The molecule has 0 fully saturated rings. The fraction of sp³-hybridized carbons (Fsp3) is 0.200. The van der Waals surface area contributed by atoms with Crippen molar-refractivity contribution in [3.63, 3.8) is 0 Å². The molecule has 0 aliphatic carbocycles. The fourth-order valence-electron chi connectivity index (χ4n) is 2.22. The zero-order valence-electron chi connectivity index (χ0n) is 9.58. The normalized spacial score (nSPS) is 13.1. The topological polar surface area (TPSA) is 0 Å². The van der Waals surface area contributed by atoms with Gasteiger partial charge in [-0.25, -0.2) is 0 Å². The lowest BCUT2D eigenvalue weighted by Crippen LogP contribution is -2.00. The molecule has 0 saturated heterocycles. The van der Waals surface area contributed by atoms with Crippen molar-refractivity contribution in [2.75, 3.05) is 0 Å². The molecular weight excluding hydrogens is 212 g/mol. The van der Waals surface area contributed by atoms with E-state index in [-0.39, 0.29) is 0 Å². The standard InChI is InChI=1S/C15H14S/c1-10-3-5-14-12(7-10)9-13-8-11(2)4-6-15(13)16-14/h3-8H,9H2,1-2H3. The summed E-state index contributed by atoms with van der Waals surface area (Å²) in [6.07, 6.45) is 1.08. The van der Waals surface area contributed by atoms with Crippen molar-refractivity contribution in [3.8, 4) is 0 Å². The van der Waals surface area contributed by atoms with Gasteiger partial charge in [-0.15, -0.1) is 0 Å². The van der Waals surface area contributed by atoms with E-state index in [9.17, 15) is 0 Å². The van der Waals surface area contributed by atoms with Crippen molar-refractivity contribution in [1.29, 1.82) is 0 Å². The first-order valence-electron chi connectivity index (χ1n) is 5.59. The monoisotopic (exact) mass is 226 g/mol. The average molecular weight is 226 g/mol. The first kappa shape index (κ1) is 9.98. The van der Waals surface area contributed by atoms with E-state index in [0.717, 1.165) is 6.42 Å². The van der Waals surface area contributed by atoms with Crippen molar-refractivity contribution in [2.45, 2.75) is 30.1 Å². The third-order valence-corrected chi connectivity index (χ3v) is 4.27. The van der Waals surface area contributed by atoms with Crippen molar-refractivity contribution < 1.29 is 0 Å². The van der Waals surface area contributed by atoms with Gasteiger partial charge in [0.15, 0.2) is 0 Å². The fourth-order valence-corrected chi connectivity index (χ4v) is 3.25. The minimum atomic E-state index is 1.08. The zero-order chi connectivity index (χ0) is 11.1. The van der Waals surface area contributed by atoms with Crippen LogP contribution in [0.25, 0.3) is 0 Å². The Labute approximate surface area is 101 Å². The van der Waals surface area contributed by atoms with E-state index in [1.807, 2.05) is 11.8 Å². The summed E-state index contributed by atoms with van der Waals surface area (Å²) in [7, 11) is 0. The number of aryl methyl sites for hydroxylation is 2. The van der Waals surface area contributed by atoms with Gasteiger partial charge in [-0.05, 0) is 43.5 Å². The number of benzene rings is 2. The van der Waals surface area contributed by atoms with Gasteiger partial charge < -0.3 is 0 Å². The lowest BCUT2D eigenvalue weighted by atomic mass is 10.0. The molecule has 0 unspecified atom stereocenters. The maximum atomic E-state index is 2.31. The molecule has 1 heteroatoms. The van der Waals surface area contributed by atoms with E-state index >= 15 is 0 Å². The van der Waals surface area contributed by atoms with Gasteiger partial charge in [-0.3, -0.25) is 0 Å². The van der Waals surface area contributed by atoms with E-state index in [4.69, 9.17) is 0 Å². The van der Waals surface area contributed by atoms with Crippen molar-refractivity contribution in [3.05, 3.63) is 58.7 Å². The van der Waals surface area contributed by atoms with E-state index in [1.54, 1.807) is 0 Å². The molecule has 16 heavy (non-hydrogen) atoms. The summed E-state index contributed by atoms with van der Waals surface area (Å²) >= 11 is 1.90. The summed E-state index contributed by atoms with van der Waals surface area (Å²) < 4.78 is 0. The number of fused-ring (bicyclic) bond motifs is 2. The van der Waals surface area contributed by atoms with E-state index in [0.29, 0.717) is 0 Å². The Hall–Kier alpha value is -1.21. The second-order valence-electron chi connectivity index (χ2n) is 4.50. The molecule has 0 N–H and O–H groups in total. The predicted molar refractivity (Wildman–Crippen MR) is 69.3 cm³/mol. The number of rotatable bonds is 0. The maximum absolute atomic E-state index is 2.31. The van der Waals surface area contributed by atoms with Gasteiger partial charge in [0.1, 0.15) is 0 Å². The molecule has 0 aromatic heterocycles. The highest BCUT2D eigenvalue weighted by Gasteiger charge is 2.15. The smallest absolute Gasteiger partial charge is 0.0158 e. The summed E-state index contributed by atoms with van der Waals surface area (Å²) in [4.78, 5) is 2.84. The minimum Gasteiger partial charge on any atom is -0.0895 e. The molecule has 1 heterocycles. The van der Waals surface area contributed by atoms with Gasteiger partial charge in [0, 0.05) is 9.79 Å². The van der Waals surface area contributed by atoms with Crippen LogP contribution in [0.1, 0.15) is 22.3 Å². The molecule has 0 saturated carbocycles. The van der Waals surface area contributed by atoms with Crippen LogP contribution < -0.4 is 0 Å². The molecular formula is C15H14S. The van der Waals surface area contributed by atoms with Crippen LogP contribution in [0.2, 0.25) is 0 Å². The number of hydrogen-bond acceptors (Lipinski definition) is 1. The van der Waals surface area contributed by atoms with Crippen LogP contribution >= 0.6 is 11.8 Å². The predicted octanol–water partition coefficient (Wildman–Crippen LogP) is 4.36. The maximum Gasteiger partial charge on any atom is 0.0158 e. The van der Waals surface area contributed by atoms with Gasteiger partial charge in [0.2, 0.25) is 0 Å². The van der Waals surface area contributed by atoms with Gasteiger partial charge in [0.25, 0.3) is 0 Å². The highest BCUT2D eigenvalue weighted by Crippen LogP contribution is 2.39. The van der Waals surface area contributed by atoms with E-state index in [2.05, 4.69) is 50.2 Å².